The van der Waals surface area contributed by atoms with Gasteiger partial charge < -0.3 is 5.32 Å². The highest BCUT2D eigenvalue weighted by molar-refractivity contribution is 6.30. The molecule has 0 unspecified atom stereocenters. The van der Waals surface area contributed by atoms with Gasteiger partial charge in [0.05, 0.1) is 5.69 Å². The fourth-order valence-corrected chi connectivity index (χ4v) is 2.48. The largest absolute Gasteiger partial charge is 0.356 e. The van der Waals surface area contributed by atoms with Gasteiger partial charge in [-0.3, -0.25) is 9.48 Å². The highest BCUT2D eigenvalue weighted by atomic mass is 35.5. The Hall–Kier alpha value is -1.81. The summed E-state index contributed by atoms with van der Waals surface area (Å²) in [6, 6.07) is 9.67. The van der Waals surface area contributed by atoms with Crippen molar-refractivity contribution in [2.45, 2.75) is 39.7 Å². The first-order valence-electron chi connectivity index (χ1n) is 7.57. The van der Waals surface area contributed by atoms with Crippen LogP contribution in [0.15, 0.2) is 30.3 Å². The van der Waals surface area contributed by atoms with Gasteiger partial charge in [-0.2, -0.15) is 5.10 Å². The lowest BCUT2D eigenvalue weighted by Gasteiger charge is -2.07. The molecular weight excluding hydrogens is 298 g/mol. The Kier molecular flexibility index (Phi) is 6.01. The molecule has 1 heterocycles. The lowest BCUT2D eigenvalue weighted by atomic mass is 10.1. The number of nitrogens with zero attached hydrogens (tertiary/aromatic N) is 2. The summed E-state index contributed by atoms with van der Waals surface area (Å²) >= 11 is 5.84. The van der Waals surface area contributed by atoms with Crippen molar-refractivity contribution in [3.05, 3.63) is 52.3 Å². The van der Waals surface area contributed by atoms with E-state index in [-0.39, 0.29) is 5.91 Å². The van der Waals surface area contributed by atoms with Gasteiger partial charge in [-0.15, -0.1) is 0 Å². The maximum absolute atomic E-state index is 11.8. The summed E-state index contributed by atoms with van der Waals surface area (Å²) in [5.74, 6) is 0.0864. The number of hydrogen-bond acceptors (Lipinski definition) is 2. The highest BCUT2D eigenvalue weighted by Gasteiger charge is 2.03. The Morgan fingerprint density at radius 2 is 2.00 bits per heavy atom. The van der Waals surface area contributed by atoms with Crippen LogP contribution in [0.1, 0.15) is 29.8 Å². The summed E-state index contributed by atoms with van der Waals surface area (Å²) in [5.41, 5.74) is 3.32. The number of aromatic nitrogens is 2. The fourth-order valence-electron chi connectivity index (χ4n) is 2.36. The molecule has 1 aromatic carbocycles. The second-order valence-electron chi connectivity index (χ2n) is 5.48. The molecule has 0 aliphatic heterocycles. The molecule has 0 radical (unpaired) electrons. The van der Waals surface area contributed by atoms with Crippen LogP contribution < -0.4 is 5.32 Å². The average Bonchev–Trinajstić information content (AvgIpc) is 2.81. The summed E-state index contributed by atoms with van der Waals surface area (Å²) in [5, 5.41) is 8.08. The summed E-state index contributed by atoms with van der Waals surface area (Å²) in [6.07, 6.45) is 2.12. The third-order valence-electron chi connectivity index (χ3n) is 3.53. The zero-order valence-electron chi connectivity index (χ0n) is 13.1. The molecule has 0 saturated heterocycles. The molecule has 2 rings (SSSR count). The molecule has 0 spiro atoms. The van der Waals surface area contributed by atoms with E-state index in [2.05, 4.69) is 16.5 Å². The predicted molar refractivity (Wildman–Crippen MR) is 89.1 cm³/mol. The van der Waals surface area contributed by atoms with Crippen LogP contribution in [0.25, 0.3) is 0 Å². The van der Waals surface area contributed by atoms with Crippen LogP contribution in [-0.2, 0) is 17.8 Å². The minimum absolute atomic E-state index is 0.0864. The lowest BCUT2D eigenvalue weighted by molar-refractivity contribution is -0.121. The number of nitrogens with one attached hydrogen (secondary N) is 1. The Morgan fingerprint density at radius 1 is 1.27 bits per heavy atom. The number of rotatable bonds is 7. The topological polar surface area (TPSA) is 46.9 Å². The molecule has 5 heteroatoms. The quantitative estimate of drug-likeness (QED) is 0.796. The van der Waals surface area contributed by atoms with Crippen molar-refractivity contribution < 1.29 is 4.79 Å². The van der Waals surface area contributed by atoms with E-state index in [0.29, 0.717) is 13.0 Å². The van der Waals surface area contributed by atoms with Crippen LogP contribution in [0.4, 0.5) is 0 Å². The zero-order chi connectivity index (χ0) is 15.9. The summed E-state index contributed by atoms with van der Waals surface area (Å²) in [7, 11) is 0. The number of carbonyl (C=O) groups excluding carboxylic acids is 1. The van der Waals surface area contributed by atoms with E-state index in [1.807, 2.05) is 42.8 Å². The van der Waals surface area contributed by atoms with Crippen LogP contribution >= 0.6 is 11.6 Å². The van der Waals surface area contributed by atoms with E-state index >= 15 is 0 Å². The molecule has 22 heavy (non-hydrogen) atoms. The molecule has 0 aliphatic rings. The van der Waals surface area contributed by atoms with E-state index in [4.69, 9.17) is 11.6 Å². The fraction of sp³-hybridized carbons (Fsp3) is 0.412. The maximum atomic E-state index is 11.8. The van der Waals surface area contributed by atoms with Gasteiger partial charge in [0.2, 0.25) is 5.91 Å². The van der Waals surface area contributed by atoms with Gasteiger partial charge >= 0.3 is 0 Å². The van der Waals surface area contributed by atoms with Crippen molar-refractivity contribution in [2.24, 2.45) is 0 Å². The van der Waals surface area contributed by atoms with Gasteiger partial charge in [-0.1, -0.05) is 23.7 Å². The third kappa shape index (κ3) is 5.19. The molecule has 0 atom stereocenters. The molecule has 0 saturated carbocycles. The monoisotopic (exact) mass is 319 g/mol. The number of amides is 1. The van der Waals surface area contributed by atoms with E-state index in [9.17, 15) is 4.79 Å². The van der Waals surface area contributed by atoms with Gasteiger partial charge in [0.25, 0.3) is 0 Å². The van der Waals surface area contributed by atoms with Crippen molar-refractivity contribution in [2.75, 3.05) is 6.54 Å². The van der Waals surface area contributed by atoms with Crippen molar-refractivity contribution in [3.8, 4) is 0 Å². The zero-order valence-corrected chi connectivity index (χ0v) is 13.9. The van der Waals surface area contributed by atoms with Gasteiger partial charge in [0.15, 0.2) is 0 Å². The van der Waals surface area contributed by atoms with Crippen LogP contribution in [0.3, 0.4) is 0 Å². The first-order valence-corrected chi connectivity index (χ1v) is 7.94. The Labute approximate surface area is 136 Å². The number of aryl methyl sites for hydroxylation is 4. The first kappa shape index (κ1) is 16.6. The molecule has 1 aromatic heterocycles. The number of halogens is 1. The first-order chi connectivity index (χ1) is 10.5. The molecule has 0 bridgehead atoms. The third-order valence-corrected chi connectivity index (χ3v) is 3.78. The van der Waals surface area contributed by atoms with Crippen LogP contribution in [0.2, 0.25) is 5.02 Å². The summed E-state index contributed by atoms with van der Waals surface area (Å²) < 4.78 is 1.98. The molecule has 4 nitrogen and oxygen atoms in total. The minimum atomic E-state index is 0.0864. The Morgan fingerprint density at radius 3 is 2.64 bits per heavy atom. The smallest absolute Gasteiger partial charge is 0.220 e. The number of hydrogen-bond donors (Lipinski definition) is 1. The highest BCUT2D eigenvalue weighted by Crippen LogP contribution is 2.10. The van der Waals surface area contributed by atoms with Crippen LogP contribution in [0, 0.1) is 13.8 Å². The van der Waals surface area contributed by atoms with Crippen molar-refractivity contribution >= 4 is 17.5 Å². The maximum Gasteiger partial charge on any atom is 0.220 e. The molecule has 1 amide bonds. The Bertz CT molecular complexity index is 619. The lowest BCUT2D eigenvalue weighted by Crippen LogP contribution is -2.25. The molecule has 2 aromatic rings. The average molecular weight is 320 g/mol. The molecule has 0 fully saturated rings. The second-order valence-corrected chi connectivity index (χ2v) is 5.92. The van der Waals surface area contributed by atoms with Crippen molar-refractivity contribution in [3.63, 3.8) is 0 Å². The van der Waals surface area contributed by atoms with E-state index < -0.39 is 0 Å². The van der Waals surface area contributed by atoms with Gasteiger partial charge in [0.1, 0.15) is 0 Å². The molecule has 118 valence electrons. The standard InChI is InChI=1S/C17H22ClN3O/c1-13-12-14(2)21(20-13)11-3-10-19-17(22)9-6-15-4-7-16(18)8-5-15/h4-5,7-8,12H,3,6,9-11H2,1-2H3,(H,19,22). The van der Waals surface area contributed by atoms with E-state index in [0.717, 1.165) is 41.4 Å². The summed E-state index contributed by atoms with van der Waals surface area (Å²) in [6.45, 7) is 5.54. The minimum Gasteiger partial charge on any atom is -0.356 e. The van der Waals surface area contributed by atoms with E-state index in [1.165, 1.54) is 0 Å². The van der Waals surface area contributed by atoms with Gasteiger partial charge in [-0.25, -0.2) is 0 Å². The summed E-state index contributed by atoms with van der Waals surface area (Å²) in [4.78, 5) is 11.8. The number of carbonyl (C=O) groups is 1. The van der Waals surface area contributed by atoms with Crippen molar-refractivity contribution in [1.82, 2.24) is 15.1 Å². The predicted octanol–water partition coefficient (Wildman–Crippen LogP) is 3.29. The SMILES string of the molecule is Cc1cc(C)n(CCCNC(=O)CCc2ccc(Cl)cc2)n1. The molecule has 0 aliphatic carbocycles. The van der Waals surface area contributed by atoms with Crippen LogP contribution in [0.5, 0.6) is 0 Å². The van der Waals surface area contributed by atoms with Gasteiger partial charge in [-0.05, 0) is 50.5 Å². The molecular formula is C17H22ClN3O. The van der Waals surface area contributed by atoms with Gasteiger partial charge in [0, 0.05) is 30.2 Å². The van der Waals surface area contributed by atoms with E-state index in [1.54, 1.807) is 0 Å². The Balaban J connectivity index is 1.63. The molecule has 1 N–H and O–H groups in total. The second kappa shape index (κ2) is 7.99. The van der Waals surface area contributed by atoms with Crippen LogP contribution in [-0.4, -0.2) is 22.2 Å². The number of benzene rings is 1. The normalized spacial score (nSPS) is 10.7. The van der Waals surface area contributed by atoms with Crippen molar-refractivity contribution in [1.29, 1.82) is 0 Å².